The Balaban J connectivity index is 1.31. The molecule has 0 aliphatic carbocycles. The average Bonchev–Trinajstić information content (AvgIpc) is 3.54. The summed E-state index contributed by atoms with van der Waals surface area (Å²) in [4.78, 5) is 48.6. The van der Waals surface area contributed by atoms with Gasteiger partial charge in [-0.1, -0.05) is 31.5 Å². The van der Waals surface area contributed by atoms with Gasteiger partial charge in [-0.05, 0) is 92.2 Å². The molecule has 1 aromatic heterocycles. The number of aliphatic carboxylic acids is 2. The number of carbonyl (C=O) groups excluding carboxylic acids is 1. The monoisotopic (exact) mass is 693 g/mol. The topological polar surface area (TPSA) is 138 Å². The van der Waals surface area contributed by atoms with E-state index in [1.54, 1.807) is 24.3 Å². The van der Waals surface area contributed by atoms with E-state index < -0.39 is 23.9 Å². The smallest absolute Gasteiger partial charge is 0.333 e. The molecule has 1 unspecified atom stereocenters. The van der Waals surface area contributed by atoms with Gasteiger partial charge in [0.05, 0.1) is 29.6 Å². The van der Waals surface area contributed by atoms with E-state index in [9.17, 15) is 24.6 Å². The van der Waals surface area contributed by atoms with Crippen molar-refractivity contribution in [3.8, 4) is 16.9 Å². The third-order valence-electron chi connectivity index (χ3n) is 9.82. The summed E-state index contributed by atoms with van der Waals surface area (Å²) in [6, 6.07) is 19.3. The van der Waals surface area contributed by atoms with Crippen molar-refractivity contribution < 1.29 is 29.3 Å². The van der Waals surface area contributed by atoms with Gasteiger partial charge in [0, 0.05) is 67.7 Å². The number of ether oxygens (including phenoxy) is 1. The first-order chi connectivity index (χ1) is 24.7. The van der Waals surface area contributed by atoms with E-state index in [4.69, 9.17) is 4.74 Å². The zero-order valence-corrected chi connectivity index (χ0v) is 29.3. The molecule has 2 atom stereocenters. The molecule has 2 aliphatic heterocycles. The first-order valence-electron chi connectivity index (χ1n) is 17.9. The van der Waals surface area contributed by atoms with Crippen molar-refractivity contribution >= 4 is 40.1 Å². The number of carboxylic acid groups (broad SMARTS) is 2. The molecule has 0 bridgehead atoms. The number of aromatic nitrogens is 1. The molecule has 51 heavy (non-hydrogen) atoms. The summed E-state index contributed by atoms with van der Waals surface area (Å²) in [5.74, 6) is -2.70. The van der Waals surface area contributed by atoms with Gasteiger partial charge in [-0.2, -0.15) is 0 Å². The number of H-pyrrole nitrogens is 1. The number of nitrogens with zero attached hydrogens (tertiary/aromatic N) is 3. The molecular formula is C40H47N5O6. The maximum absolute atomic E-state index is 14.7. The summed E-state index contributed by atoms with van der Waals surface area (Å²) in [6.07, 6.45) is 6.02. The van der Waals surface area contributed by atoms with Crippen molar-refractivity contribution in [2.75, 3.05) is 56.1 Å². The van der Waals surface area contributed by atoms with Crippen LogP contribution < -0.4 is 15.0 Å². The van der Waals surface area contributed by atoms with Crippen LogP contribution in [0.1, 0.15) is 49.9 Å². The number of carbonyl (C=O) groups is 3. The Morgan fingerprint density at radius 1 is 0.922 bits per heavy atom. The Kier molecular flexibility index (Phi) is 11.4. The molecule has 11 heteroatoms. The van der Waals surface area contributed by atoms with E-state index in [2.05, 4.69) is 33.1 Å². The van der Waals surface area contributed by atoms with Crippen LogP contribution in [-0.4, -0.2) is 101 Å². The molecule has 6 rings (SSSR count). The van der Waals surface area contributed by atoms with Crippen molar-refractivity contribution in [2.24, 2.45) is 0 Å². The molecule has 4 aromatic rings. The van der Waals surface area contributed by atoms with Gasteiger partial charge in [0.2, 0.25) is 0 Å². The molecule has 4 N–H and O–H groups in total. The number of para-hydroxylation sites is 2. The Labute approximate surface area is 298 Å². The van der Waals surface area contributed by atoms with Gasteiger partial charge in [0.1, 0.15) is 5.75 Å². The van der Waals surface area contributed by atoms with Crippen LogP contribution >= 0.6 is 0 Å². The molecule has 1 amide bonds. The molecule has 3 aromatic carbocycles. The summed E-state index contributed by atoms with van der Waals surface area (Å²) in [5.41, 5.74) is 3.83. The van der Waals surface area contributed by atoms with Gasteiger partial charge in [0.25, 0.3) is 5.91 Å². The Bertz CT molecular complexity index is 1890. The highest BCUT2D eigenvalue weighted by atomic mass is 16.5. The highest BCUT2D eigenvalue weighted by Gasteiger charge is 2.37. The number of anilines is 2. The van der Waals surface area contributed by atoms with Gasteiger partial charge >= 0.3 is 11.9 Å². The molecule has 1 fully saturated rings. The maximum Gasteiger partial charge on any atom is 0.333 e. The van der Waals surface area contributed by atoms with E-state index in [0.717, 1.165) is 67.7 Å². The number of rotatable bonds is 13. The second-order valence-electron chi connectivity index (χ2n) is 13.5. The lowest BCUT2D eigenvalue weighted by Gasteiger charge is -2.34. The van der Waals surface area contributed by atoms with Crippen molar-refractivity contribution in [3.05, 3.63) is 90.1 Å². The Morgan fingerprint density at radius 2 is 1.67 bits per heavy atom. The fourth-order valence-corrected chi connectivity index (χ4v) is 7.15. The van der Waals surface area contributed by atoms with Crippen molar-refractivity contribution in [2.45, 2.75) is 51.6 Å². The minimum absolute atomic E-state index is 0.177. The fraction of sp³-hybridized carbons (Fsp3) is 0.375. The second kappa shape index (κ2) is 16.3. The van der Waals surface area contributed by atoms with Crippen LogP contribution in [-0.2, 0) is 9.59 Å². The maximum atomic E-state index is 14.7. The molecule has 0 spiro atoms. The number of nitrogens with one attached hydrogen (secondary N) is 2. The lowest BCUT2D eigenvalue weighted by Crippen LogP contribution is -2.46. The highest BCUT2D eigenvalue weighted by Crippen LogP contribution is 2.38. The van der Waals surface area contributed by atoms with E-state index in [1.807, 2.05) is 49.5 Å². The van der Waals surface area contributed by atoms with Gasteiger partial charge in [0.15, 0.2) is 0 Å². The average molecular weight is 694 g/mol. The number of benzene rings is 3. The molecule has 2 aliphatic rings. The van der Waals surface area contributed by atoms with Gasteiger partial charge < -0.3 is 35.1 Å². The standard InChI is InChI=1S/C40H47N5O6/c1-3-4-16-43-18-20-44(21-19-43)17-7-22-51-37-25-30(10-12-31(37)28-11-13-33-29(24-28)14-15-41-33)39(48)45-35-9-6-5-8-34(35)42-27(2)23-36(45)32(40(49)50)26-38(46)47/h5-6,8-15,24-27,36,41-42H,3-4,7,16-23H2,1-2H3,(H,46,47)(H,49,50)/t27-,36?/m0/s1. The SMILES string of the molecule is CCCCN1CCN(CCCOc2cc(C(=O)N3c4ccccc4N[C@@H](C)CC3C(=CC(=O)O)C(=O)O)ccc2-c2ccc3[nH]ccc3c2)CC1. The molecule has 0 radical (unpaired) electrons. The zero-order chi connectivity index (χ0) is 35.9. The van der Waals surface area contributed by atoms with Crippen molar-refractivity contribution in [1.29, 1.82) is 0 Å². The lowest BCUT2D eigenvalue weighted by molar-refractivity contribution is -0.135. The lowest BCUT2D eigenvalue weighted by atomic mass is 9.96. The summed E-state index contributed by atoms with van der Waals surface area (Å²) in [5, 5.41) is 24.2. The third kappa shape index (κ3) is 8.44. The number of carboxylic acids is 2. The zero-order valence-electron chi connectivity index (χ0n) is 29.3. The van der Waals surface area contributed by atoms with Crippen LogP contribution in [0.5, 0.6) is 5.75 Å². The highest BCUT2D eigenvalue weighted by molar-refractivity contribution is 6.11. The molecule has 3 heterocycles. The summed E-state index contributed by atoms with van der Waals surface area (Å²) in [6.45, 7) is 10.9. The molecule has 11 nitrogen and oxygen atoms in total. The van der Waals surface area contributed by atoms with Crippen molar-refractivity contribution in [3.63, 3.8) is 0 Å². The number of fused-ring (bicyclic) bond motifs is 2. The summed E-state index contributed by atoms with van der Waals surface area (Å²) < 4.78 is 6.49. The first kappa shape index (κ1) is 35.7. The quantitative estimate of drug-likeness (QED) is 0.0934. The van der Waals surface area contributed by atoms with E-state index in [1.165, 1.54) is 17.7 Å². The molecular weight excluding hydrogens is 646 g/mol. The number of amides is 1. The van der Waals surface area contributed by atoms with Gasteiger partial charge in [-0.25, -0.2) is 9.59 Å². The minimum atomic E-state index is -1.39. The number of unbranched alkanes of at least 4 members (excludes halogenated alkanes) is 1. The van der Waals surface area contributed by atoms with Crippen LogP contribution in [0.15, 0.2) is 84.6 Å². The normalized spacial score (nSPS) is 18.5. The summed E-state index contributed by atoms with van der Waals surface area (Å²) in [7, 11) is 0. The van der Waals surface area contributed by atoms with Crippen LogP contribution in [0.4, 0.5) is 11.4 Å². The van der Waals surface area contributed by atoms with E-state index in [0.29, 0.717) is 35.4 Å². The minimum Gasteiger partial charge on any atom is -0.493 e. The number of hydrogen-bond acceptors (Lipinski definition) is 7. The van der Waals surface area contributed by atoms with Crippen LogP contribution in [0.25, 0.3) is 22.0 Å². The number of aromatic amines is 1. The number of hydrogen-bond donors (Lipinski definition) is 4. The third-order valence-corrected chi connectivity index (χ3v) is 9.82. The van der Waals surface area contributed by atoms with Crippen LogP contribution in [0.2, 0.25) is 0 Å². The molecule has 268 valence electrons. The molecule has 1 saturated heterocycles. The van der Waals surface area contributed by atoms with Crippen molar-refractivity contribution in [1.82, 2.24) is 14.8 Å². The van der Waals surface area contributed by atoms with Crippen LogP contribution in [0.3, 0.4) is 0 Å². The van der Waals surface area contributed by atoms with Gasteiger partial charge in [-0.3, -0.25) is 9.69 Å². The first-order valence-corrected chi connectivity index (χ1v) is 17.9. The Morgan fingerprint density at radius 3 is 2.39 bits per heavy atom. The van der Waals surface area contributed by atoms with Crippen LogP contribution in [0, 0.1) is 0 Å². The second-order valence-corrected chi connectivity index (χ2v) is 13.5. The van der Waals surface area contributed by atoms with Gasteiger partial charge in [-0.15, -0.1) is 0 Å². The largest absolute Gasteiger partial charge is 0.493 e. The Hall–Kier alpha value is -5.13. The molecule has 0 saturated carbocycles. The summed E-state index contributed by atoms with van der Waals surface area (Å²) >= 11 is 0. The fourth-order valence-electron chi connectivity index (χ4n) is 7.15. The predicted molar refractivity (Wildman–Crippen MR) is 200 cm³/mol. The predicted octanol–water partition coefficient (Wildman–Crippen LogP) is 6.34. The van der Waals surface area contributed by atoms with E-state index >= 15 is 0 Å². The van der Waals surface area contributed by atoms with E-state index in [-0.39, 0.29) is 18.0 Å². The number of piperazine rings is 1.